The fourth-order valence-corrected chi connectivity index (χ4v) is 2.38. The first-order valence-electron chi connectivity index (χ1n) is 7.36. The Morgan fingerprint density at radius 2 is 1.57 bits per heavy atom. The van der Waals surface area contributed by atoms with Crippen LogP contribution in [0.2, 0.25) is 5.02 Å². The van der Waals surface area contributed by atoms with Crippen molar-refractivity contribution in [2.24, 2.45) is 0 Å². The van der Waals surface area contributed by atoms with Crippen molar-refractivity contribution in [3.05, 3.63) is 70.2 Å². The summed E-state index contributed by atoms with van der Waals surface area (Å²) < 4.78 is 0. The minimum Gasteiger partial charge on any atom is -0.387 e. The zero-order valence-electron chi connectivity index (χ0n) is 12.5. The molecule has 0 aliphatic carbocycles. The molecule has 0 aliphatic heterocycles. The van der Waals surface area contributed by atoms with Gasteiger partial charge in [0.1, 0.15) is 0 Å². The lowest BCUT2D eigenvalue weighted by atomic mass is 10.0. The molecule has 0 saturated heterocycles. The molecule has 2 nitrogen and oxygen atoms in total. The molecule has 2 atom stereocenters. The van der Waals surface area contributed by atoms with Crippen molar-refractivity contribution < 1.29 is 5.11 Å². The first-order valence-corrected chi connectivity index (χ1v) is 7.73. The van der Waals surface area contributed by atoms with Crippen LogP contribution in [-0.4, -0.2) is 11.7 Å². The number of hydrogen-bond acceptors (Lipinski definition) is 2. The van der Waals surface area contributed by atoms with Gasteiger partial charge in [0.25, 0.3) is 0 Å². The molecule has 0 bridgehead atoms. The highest BCUT2D eigenvalue weighted by atomic mass is 35.5. The number of hydrogen-bond donors (Lipinski definition) is 2. The van der Waals surface area contributed by atoms with E-state index in [1.165, 1.54) is 11.1 Å². The van der Waals surface area contributed by atoms with Gasteiger partial charge in [-0.25, -0.2) is 0 Å². The van der Waals surface area contributed by atoms with E-state index >= 15 is 0 Å². The molecule has 3 heteroatoms. The Hall–Kier alpha value is -1.35. The van der Waals surface area contributed by atoms with Gasteiger partial charge < -0.3 is 10.4 Å². The highest BCUT2D eigenvalue weighted by molar-refractivity contribution is 6.30. The standard InChI is InChI=1S/C18H22ClNO/c1-3-14-4-6-15(7-5-14)13(2)20-12-18(21)16-8-10-17(19)11-9-16/h4-11,13,18,20-21H,3,12H2,1-2H3. The van der Waals surface area contributed by atoms with Crippen LogP contribution < -0.4 is 5.32 Å². The third-order valence-electron chi connectivity index (χ3n) is 3.76. The van der Waals surface area contributed by atoms with Crippen LogP contribution in [0.4, 0.5) is 0 Å². The van der Waals surface area contributed by atoms with Crippen LogP contribution in [0.1, 0.15) is 42.7 Å². The Morgan fingerprint density at radius 3 is 2.14 bits per heavy atom. The number of aliphatic hydroxyl groups excluding tert-OH is 1. The molecule has 0 radical (unpaired) electrons. The summed E-state index contributed by atoms with van der Waals surface area (Å²) in [6, 6.07) is 16.1. The molecule has 2 aromatic carbocycles. The molecule has 0 spiro atoms. The average molecular weight is 304 g/mol. The van der Waals surface area contributed by atoms with Crippen molar-refractivity contribution in [2.75, 3.05) is 6.54 Å². The fourth-order valence-electron chi connectivity index (χ4n) is 2.25. The highest BCUT2D eigenvalue weighted by Gasteiger charge is 2.10. The molecule has 0 heterocycles. The van der Waals surface area contributed by atoms with Crippen molar-refractivity contribution in [1.29, 1.82) is 0 Å². The summed E-state index contributed by atoms with van der Waals surface area (Å²) in [7, 11) is 0. The van der Waals surface area contributed by atoms with Crippen LogP contribution in [0.25, 0.3) is 0 Å². The van der Waals surface area contributed by atoms with Gasteiger partial charge in [-0.2, -0.15) is 0 Å². The quantitative estimate of drug-likeness (QED) is 0.834. The van der Waals surface area contributed by atoms with Gasteiger partial charge in [0.15, 0.2) is 0 Å². The maximum Gasteiger partial charge on any atom is 0.0914 e. The Kier molecular flexibility index (Phi) is 5.80. The van der Waals surface area contributed by atoms with Crippen LogP contribution >= 0.6 is 11.6 Å². The molecular weight excluding hydrogens is 282 g/mol. The molecule has 112 valence electrons. The SMILES string of the molecule is CCc1ccc(C(C)NCC(O)c2ccc(Cl)cc2)cc1. The minimum absolute atomic E-state index is 0.206. The molecule has 2 N–H and O–H groups in total. The lowest BCUT2D eigenvalue weighted by molar-refractivity contribution is 0.171. The van der Waals surface area contributed by atoms with Gasteiger partial charge in [-0.15, -0.1) is 0 Å². The van der Waals surface area contributed by atoms with Gasteiger partial charge in [0.2, 0.25) is 0 Å². The summed E-state index contributed by atoms with van der Waals surface area (Å²) >= 11 is 5.85. The Morgan fingerprint density at radius 1 is 1.00 bits per heavy atom. The van der Waals surface area contributed by atoms with Gasteiger partial charge in [-0.1, -0.05) is 54.9 Å². The summed E-state index contributed by atoms with van der Waals surface area (Å²) in [6.07, 6.45) is 0.525. The monoisotopic (exact) mass is 303 g/mol. The van der Waals surface area contributed by atoms with Crippen molar-refractivity contribution in [2.45, 2.75) is 32.4 Å². The lowest BCUT2D eigenvalue weighted by Crippen LogP contribution is -2.24. The summed E-state index contributed by atoms with van der Waals surface area (Å²) in [6.45, 7) is 4.77. The number of aliphatic hydroxyl groups is 1. The second kappa shape index (κ2) is 7.60. The van der Waals surface area contributed by atoms with Crippen molar-refractivity contribution in [1.82, 2.24) is 5.32 Å². The molecule has 0 aliphatic rings. The van der Waals surface area contributed by atoms with E-state index in [2.05, 4.69) is 43.4 Å². The lowest BCUT2D eigenvalue weighted by Gasteiger charge is -2.18. The van der Waals surface area contributed by atoms with E-state index in [-0.39, 0.29) is 6.04 Å². The van der Waals surface area contributed by atoms with Crippen molar-refractivity contribution in [3.63, 3.8) is 0 Å². The number of benzene rings is 2. The van der Waals surface area contributed by atoms with Gasteiger partial charge in [-0.05, 0) is 42.2 Å². The molecule has 0 saturated carbocycles. The van der Waals surface area contributed by atoms with Gasteiger partial charge in [0.05, 0.1) is 6.10 Å². The van der Waals surface area contributed by atoms with E-state index in [9.17, 15) is 5.11 Å². The van der Waals surface area contributed by atoms with E-state index in [0.29, 0.717) is 11.6 Å². The van der Waals surface area contributed by atoms with Crippen LogP contribution in [0.5, 0.6) is 0 Å². The predicted molar refractivity (Wildman–Crippen MR) is 88.6 cm³/mol. The largest absolute Gasteiger partial charge is 0.387 e. The fraction of sp³-hybridized carbons (Fsp3) is 0.333. The smallest absolute Gasteiger partial charge is 0.0914 e. The van der Waals surface area contributed by atoms with Crippen LogP contribution in [-0.2, 0) is 6.42 Å². The zero-order chi connectivity index (χ0) is 15.2. The van der Waals surface area contributed by atoms with Crippen molar-refractivity contribution >= 4 is 11.6 Å². The maximum absolute atomic E-state index is 10.2. The molecule has 0 amide bonds. The molecule has 2 rings (SSSR count). The van der Waals surface area contributed by atoms with Gasteiger partial charge in [-0.3, -0.25) is 0 Å². The van der Waals surface area contributed by atoms with Crippen molar-refractivity contribution in [3.8, 4) is 0 Å². The number of aryl methyl sites for hydroxylation is 1. The summed E-state index contributed by atoms with van der Waals surface area (Å²) in [5.74, 6) is 0. The maximum atomic E-state index is 10.2. The first-order chi connectivity index (χ1) is 10.1. The predicted octanol–water partition coefficient (Wildman–Crippen LogP) is 4.29. The Labute approximate surface area is 131 Å². The van der Waals surface area contributed by atoms with Crippen LogP contribution in [0, 0.1) is 0 Å². The molecule has 0 fully saturated rings. The number of rotatable bonds is 6. The second-order valence-corrected chi connectivity index (χ2v) is 5.73. The Bertz CT molecular complexity index is 550. The third-order valence-corrected chi connectivity index (χ3v) is 4.01. The minimum atomic E-state index is -0.528. The third kappa shape index (κ3) is 4.57. The van der Waals surface area contributed by atoms with Gasteiger partial charge in [0, 0.05) is 17.6 Å². The summed E-state index contributed by atoms with van der Waals surface area (Å²) in [5.41, 5.74) is 3.45. The van der Waals surface area contributed by atoms with E-state index in [0.717, 1.165) is 12.0 Å². The van der Waals surface area contributed by atoms with E-state index in [4.69, 9.17) is 11.6 Å². The van der Waals surface area contributed by atoms with E-state index in [1.54, 1.807) is 12.1 Å². The molecule has 2 unspecified atom stereocenters. The molecule has 0 aromatic heterocycles. The highest BCUT2D eigenvalue weighted by Crippen LogP contribution is 2.18. The zero-order valence-corrected chi connectivity index (χ0v) is 13.3. The summed E-state index contributed by atoms with van der Waals surface area (Å²) in [4.78, 5) is 0. The Balaban J connectivity index is 1.90. The number of halogens is 1. The van der Waals surface area contributed by atoms with E-state index in [1.807, 2.05) is 12.1 Å². The molecule has 21 heavy (non-hydrogen) atoms. The van der Waals surface area contributed by atoms with E-state index < -0.39 is 6.10 Å². The average Bonchev–Trinajstić information content (AvgIpc) is 2.53. The second-order valence-electron chi connectivity index (χ2n) is 5.29. The number of nitrogens with one attached hydrogen (secondary N) is 1. The normalized spacial score (nSPS) is 13.9. The molecular formula is C18H22ClNO. The first kappa shape index (κ1) is 16.0. The van der Waals surface area contributed by atoms with Crippen LogP contribution in [0.15, 0.2) is 48.5 Å². The molecule has 2 aromatic rings. The van der Waals surface area contributed by atoms with Crippen LogP contribution in [0.3, 0.4) is 0 Å². The van der Waals surface area contributed by atoms with Gasteiger partial charge >= 0.3 is 0 Å². The summed E-state index contributed by atoms with van der Waals surface area (Å²) in [5, 5.41) is 14.2. The topological polar surface area (TPSA) is 32.3 Å².